The molecular weight excluding hydrogens is 568 g/mol. The summed E-state index contributed by atoms with van der Waals surface area (Å²) in [6, 6.07) is 23.5. The number of Topliss-reactive ketones (excluding diaryl/α,β-unsaturated/α-hetero) is 1. The van der Waals surface area contributed by atoms with E-state index >= 15 is 0 Å². The normalized spacial score (nSPS) is 20.0. The van der Waals surface area contributed by atoms with Gasteiger partial charge in [-0.1, -0.05) is 54.1 Å². The lowest BCUT2D eigenvalue weighted by molar-refractivity contribution is -0.152. The first kappa shape index (κ1) is 29.9. The summed E-state index contributed by atoms with van der Waals surface area (Å²) in [4.78, 5) is 43.8. The van der Waals surface area contributed by atoms with Gasteiger partial charge in [-0.3, -0.25) is 14.5 Å². The number of ether oxygens (including phenoxy) is 3. The fourth-order valence-electron chi connectivity index (χ4n) is 6.02. The Morgan fingerprint density at radius 2 is 1.63 bits per heavy atom. The van der Waals surface area contributed by atoms with Crippen LogP contribution in [0.3, 0.4) is 0 Å². The lowest BCUT2D eigenvalue weighted by Gasteiger charge is -2.44. The smallest absolute Gasteiger partial charge is 0.338 e. The second-order valence-electron chi connectivity index (χ2n) is 10.2. The number of allylic oxidation sites excluding steroid dienone is 2. The minimum atomic E-state index is -1.17. The molecule has 3 atom stereocenters. The number of hydrogen-bond donors (Lipinski definition) is 1. The predicted molar refractivity (Wildman–Crippen MR) is 163 cm³/mol. The standard InChI is InChI=1S/C34H33ClN2O6/c1-4-42-33(39)28-25(20-11-10-16-24(18-20)41-3)19-26-29(31(28)38)27(21-12-9-13-22(35)17-21)30(34(40)43-5-2)32(36)37(26)23-14-7-6-8-15-23/h6-18,25,27-28H,4-5,19,36H2,1-3H3/t25-,27-,28-/m1/s1. The van der Waals surface area contributed by atoms with Crippen molar-refractivity contribution in [3.8, 4) is 5.75 Å². The first-order valence-electron chi connectivity index (χ1n) is 14.2. The van der Waals surface area contributed by atoms with Crippen LogP contribution in [0.15, 0.2) is 102 Å². The van der Waals surface area contributed by atoms with E-state index in [-0.39, 0.29) is 36.6 Å². The van der Waals surface area contributed by atoms with E-state index in [1.165, 1.54) is 0 Å². The molecule has 3 aromatic carbocycles. The van der Waals surface area contributed by atoms with Crippen molar-refractivity contribution in [2.24, 2.45) is 11.7 Å². The molecule has 0 radical (unpaired) electrons. The Hall–Kier alpha value is -4.56. The van der Waals surface area contributed by atoms with Crippen LogP contribution in [0.25, 0.3) is 0 Å². The Balaban J connectivity index is 1.82. The first-order valence-corrected chi connectivity index (χ1v) is 14.5. The summed E-state index contributed by atoms with van der Waals surface area (Å²) in [6.45, 7) is 3.61. The van der Waals surface area contributed by atoms with E-state index in [1.807, 2.05) is 48.5 Å². The topological polar surface area (TPSA) is 108 Å². The minimum absolute atomic E-state index is 0.0995. The van der Waals surface area contributed by atoms with Gasteiger partial charge in [0, 0.05) is 27.9 Å². The number of carbonyl (C=O) groups is 3. The van der Waals surface area contributed by atoms with Crippen LogP contribution in [-0.2, 0) is 23.9 Å². The second-order valence-corrected chi connectivity index (χ2v) is 10.7. The molecule has 0 amide bonds. The lowest BCUT2D eigenvalue weighted by atomic mass is 9.67. The molecule has 3 aromatic rings. The van der Waals surface area contributed by atoms with Gasteiger partial charge in [0.1, 0.15) is 17.5 Å². The summed E-state index contributed by atoms with van der Waals surface area (Å²) >= 11 is 6.42. The van der Waals surface area contributed by atoms with Crippen molar-refractivity contribution >= 4 is 35.0 Å². The van der Waals surface area contributed by atoms with Gasteiger partial charge in [0.05, 0.1) is 31.8 Å². The molecule has 2 aliphatic rings. The number of anilines is 1. The number of methoxy groups -OCH3 is 1. The fourth-order valence-corrected chi connectivity index (χ4v) is 6.21. The summed E-state index contributed by atoms with van der Waals surface area (Å²) in [5.74, 6) is -3.71. The van der Waals surface area contributed by atoms with Gasteiger partial charge < -0.3 is 19.9 Å². The number of hydrogen-bond acceptors (Lipinski definition) is 8. The number of carbonyl (C=O) groups excluding carboxylic acids is 3. The highest BCUT2D eigenvalue weighted by molar-refractivity contribution is 6.30. The minimum Gasteiger partial charge on any atom is -0.497 e. The third-order valence-electron chi connectivity index (χ3n) is 7.79. The van der Waals surface area contributed by atoms with Gasteiger partial charge in [0.25, 0.3) is 0 Å². The summed E-state index contributed by atoms with van der Waals surface area (Å²) in [7, 11) is 1.56. The predicted octanol–water partition coefficient (Wildman–Crippen LogP) is 5.88. The van der Waals surface area contributed by atoms with Gasteiger partial charge in [0.2, 0.25) is 0 Å². The Labute approximate surface area is 255 Å². The number of halogens is 1. The molecule has 0 spiro atoms. The lowest BCUT2D eigenvalue weighted by Crippen LogP contribution is -2.46. The van der Waals surface area contributed by atoms with E-state index in [0.29, 0.717) is 27.7 Å². The maximum atomic E-state index is 14.8. The maximum absolute atomic E-state index is 14.8. The molecule has 0 saturated carbocycles. The van der Waals surface area contributed by atoms with Crippen LogP contribution in [0, 0.1) is 5.92 Å². The highest BCUT2D eigenvalue weighted by Crippen LogP contribution is 2.52. The average Bonchev–Trinajstić information content (AvgIpc) is 3.01. The van der Waals surface area contributed by atoms with Crippen molar-refractivity contribution in [3.63, 3.8) is 0 Å². The van der Waals surface area contributed by atoms with Gasteiger partial charge >= 0.3 is 11.9 Å². The van der Waals surface area contributed by atoms with Crippen molar-refractivity contribution in [2.45, 2.75) is 32.1 Å². The first-order chi connectivity index (χ1) is 20.8. The number of ketones is 1. The molecule has 5 rings (SSSR count). The summed E-state index contributed by atoms with van der Waals surface area (Å²) in [6.07, 6.45) is 0.250. The van der Waals surface area contributed by atoms with Crippen molar-refractivity contribution < 1.29 is 28.6 Å². The molecule has 0 aromatic heterocycles. The third-order valence-corrected chi connectivity index (χ3v) is 8.03. The summed E-state index contributed by atoms with van der Waals surface area (Å²) in [5, 5.41) is 0.423. The zero-order valence-corrected chi connectivity index (χ0v) is 25.0. The van der Waals surface area contributed by atoms with E-state index in [4.69, 9.17) is 31.5 Å². The summed E-state index contributed by atoms with van der Waals surface area (Å²) in [5.41, 5.74) is 9.83. The van der Waals surface area contributed by atoms with E-state index < -0.39 is 35.5 Å². The van der Waals surface area contributed by atoms with Gasteiger partial charge in [-0.05, 0) is 67.8 Å². The number of esters is 2. The molecule has 0 saturated heterocycles. The number of rotatable bonds is 8. The molecule has 9 heteroatoms. The Kier molecular flexibility index (Phi) is 8.87. The number of para-hydroxylation sites is 1. The summed E-state index contributed by atoms with van der Waals surface area (Å²) < 4.78 is 16.4. The average molecular weight is 601 g/mol. The van der Waals surface area contributed by atoms with Crippen LogP contribution in [0.2, 0.25) is 5.02 Å². The molecule has 1 aliphatic carbocycles. The van der Waals surface area contributed by atoms with E-state index in [0.717, 1.165) is 5.56 Å². The third kappa shape index (κ3) is 5.62. The fraction of sp³-hybridized carbons (Fsp3) is 0.265. The van der Waals surface area contributed by atoms with Crippen LogP contribution < -0.4 is 15.4 Å². The highest BCUT2D eigenvalue weighted by Gasteiger charge is 2.51. The van der Waals surface area contributed by atoms with Gasteiger partial charge in [-0.25, -0.2) is 4.79 Å². The van der Waals surface area contributed by atoms with Gasteiger partial charge in [-0.2, -0.15) is 0 Å². The van der Waals surface area contributed by atoms with Crippen molar-refractivity contribution in [2.75, 3.05) is 25.2 Å². The second kappa shape index (κ2) is 12.8. The quantitative estimate of drug-likeness (QED) is 0.252. The number of nitrogens with zero attached hydrogens (tertiary/aromatic N) is 1. The molecule has 222 valence electrons. The molecular formula is C34H33ClN2O6. The Morgan fingerprint density at radius 3 is 2.30 bits per heavy atom. The highest BCUT2D eigenvalue weighted by atomic mass is 35.5. The molecule has 43 heavy (non-hydrogen) atoms. The van der Waals surface area contributed by atoms with Crippen molar-refractivity contribution in [1.82, 2.24) is 0 Å². The zero-order chi connectivity index (χ0) is 30.7. The van der Waals surface area contributed by atoms with Crippen LogP contribution >= 0.6 is 11.6 Å². The zero-order valence-electron chi connectivity index (χ0n) is 24.2. The number of benzene rings is 3. The van der Waals surface area contributed by atoms with E-state index in [9.17, 15) is 14.4 Å². The van der Waals surface area contributed by atoms with Crippen LogP contribution in [0.1, 0.15) is 43.2 Å². The molecule has 2 N–H and O–H groups in total. The van der Waals surface area contributed by atoms with Crippen LogP contribution in [0.5, 0.6) is 5.75 Å². The van der Waals surface area contributed by atoms with Crippen LogP contribution in [-0.4, -0.2) is 38.0 Å². The molecule has 1 heterocycles. The molecule has 8 nitrogen and oxygen atoms in total. The van der Waals surface area contributed by atoms with Crippen molar-refractivity contribution in [3.05, 3.63) is 118 Å². The molecule has 0 fully saturated rings. The Bertz CT molecular complexity index is 1620. The Morgan fingerprint density at radius 1 is 0.930 bits per heavy atom. The van der Waals surface area contributed by atoms with E-state index in [1.54, 1.807) is 56.2 Å². The van der Waals surface area contributed by atoms with Crippen molar-refractivity contribution in [1.29, 1.82) is 0 Å². The van der Waals surface area contributed by atoms with Crippen LogP contribution in [0.4, 0.5) is 5.69 Å². The molecule has 1 aliphatic heterocycles. The van der Waals surface area contributed by atoms with Gasteiger partial charge in [-0.15, -0.1) is 0 Å². The molecule has 0 unspecified atom stereocenters. The monoisotopic (exact) mass is 600 g/mol. The maximum Gasteiger partial charge on any atom is 0.338 e. The van der Waals surface area contributed by atoms with Gasteiger partial charge in [0.15, 0.2) is 5.78 Å². The molecule has 0 bridgehead atoms. The number of nitrogens with two attached hydrogens (primary N) is 1. The largest absolute Gasteiger partial charge is 0.497 e. The van der Waals surface area contributed by atoms with E-state index in [2.05, 4.69) is 0 Å². The SMILES string of the molecule is CCOC(=O)C1=C(N)N(c2ccccc2)C2=C(C(=O)[C@H](C(=O)OCC)[C@@H](c3cccc(OC)c3)C2)[C@H]1c1cccc(Cl)c1.